The Kier molecular flexibility index (Phi) is 5.37. The molecule has 0 bridgehead atoms. The molecule has 0 spiro atoms. The molecule has 2 atom stereocenters. The van der Waals surface area contributed by atoms with Gasteiger partial charge in [0.1, 0.15) is 6.10 Å². The van der Waals surface area contributed by atoms with Gasteiger partial charge in [-0.05, 0) is 18.2 Å². The van der Waals surface area contributed by atoms with Crippen molar-refractivity contribution in [3.8, 4) is 0 Å². The first-order valence-electron chi connectivity index (χ1n) is 6.25. The summed E-state index contributed by atoms with van der Waals surface area (Å²) >= 11 is 11.6. The number of hydrogen-bond acceptors (Lipinski definition) is 5. The largest absolute Gasteiger partial charge is 0.433 e. The third-order valence-corrected chi connectivity index (χ3v) is 4.29. The van der Waals surface area contributed by atoms with Crippen LogP contribution in [0, 0.1) is 0 Å². The van der Waals surface area contributed by atoms with Crippen molar-refractivity contribution in [2.24, 2.45) is 0 Å². The lowest BCUT2D eigenvalue weighted by Crippen LogP contribution is -2.42. The Labute approximate surface area is 141 Å². The van der Waals surface area contributed by atoms with Crippen LogP contribution in [-0.4, -0.2) is 46.3 Å². The Balaban J connectivity index is 2.23. The molecular formula is C12H12Cl2F3NO4S. The van der Waals surface area contributed by atoms with Gasteiger partial charge in [-0.1, -0.05) is 23.2 Å². The van der Waals surface area contributed by atoms with Gasteiger partial charge < -0.3 is 9.64 Å². The molecule has 23 heavy (non-hydrogen) atoms. The monoisotopic (exact) mass is 393 g/mol. The molecular weight excluding hydrogens is 382 g/mol. The van der Waals surface area contributed by atoms with Gasteiger partial charge in [0.05, 0.1) is 22.9 Å². The van der Waals surface area contributed by atoms with Crippen molar-refractivity contribution in [1.29, 1.82) is 0 Å². The van der Waals surface area contributed by atoms with Gasteiger partial charge in [-0.15, -0.1) is 0 Å². The maximum Gasteiger partial charge on any atom is 0.433 e. The maximum absolute atomic E-state index is 13.1. The van der Waals surface area contributed by atoms with E-state index in [-0.39, 0.29) is 22.3 Å². The van der Waals surface area contributed by atoms with E-state index in [0.29, 0.717) is 0 Å². The molecule has 0 radical (unpaired) electrons. The van der Waals surface area contributed by atoms with Gasteiger partial charge in [0, 0.05) is 12.2 Å². The average Bonchev–Trinajstić information content (AvgIpc) is 2.83. The van der Waals surface area contributed by atoms with E-state index in [0.717, 1.165) is 11.2 Å². The number of halogens is 5. The first kappa shape index (κ1) is 18.6. The highest BCUT2D eigenvalue weighted by Crippen LogP contribution is 2.37. The lowest BCUT2D eigenvalue weighted by molar-refractivity contribution is -0.215. The number of anilines is 1. The predicted molar refractivity (Wildman–Crippen MR) is 79.3 cm³/mol. The molecule has 0 saturated carbocycles. The Bertz CT molecular complexity index is 683. The van der Waals surface area contributed by atoms with E-state index in [9.17, 15) is 21.6 Å². The molecule has 0 unspecified atom stereocenters. The molecule has 11 heteroatoms. The van der Waals surface area contributed by atoms with Crippen molar-refractivity contribution in [2.75, 3.05) is 24.3 Å². The molecule has 0 amide bonds. The first-order chi connectivity index (χ1) is 10.5. The Morgan fingerprint density at radius 1 is 1.35 bits per heavy atom. The van der Waals surface area contributed by atoms with Crippen LogP contribution in [0.2, 0.25) is 10.0 Å². The van der Waals surface area contributed by atoms with Crippen LogP contribution >= 0.6 is 23.2 Å². The highest BCUT2D eigenvalue weighted by Gasteiger charge is 2.51. The van der Waals surface area contributed by atoms with E-state index in [1.807, 2.05) is 0 Å². The summed E-state index contributed by atoms with van der Waals surface area (Å²) in [6.07, 6.45) is -7.16. The summed E-state index contributed by atoms with van der Waals surface area (Å²) in [6, 6.07) is 4.02. The summed E-state index contributed by atoms with van der Waals surface area (Å²) in [5, 5.41) is 0.303. The van der Waals surface area contributed by atoms with Gasteiger partial charge in [-0.3, -0.25) is 4.18 Å². The van der Waals surface area contributed by atoms with Crippen LogP contribution in [-0.2, 0) is 19.0 Å². The van der Waals surface area contributed by atoms with E-state index in [2.05, 4.69) is 4.18 Å². The van der Waals surface area contributed by atoms with E-state index < -0.39 is 35.2 Å². The molecule has 1 fully saturated rings. The molecule has 2 rings (SSSR count). The van der Waals surface area contributed by atoms with Gasteiger partial charge in [0.2, 0.25) is 6.23 Å². The van der Waals surface area contributed by atoms with Gasteiger partial charge >= 0.3 is 6.18 Å². The van der Waals surface area contributed by atoms with Crippen molar-refractivity contribution in [1.82, 2.24) is 0 Å². The SMILES string of the molecule is CS(=O)(=O)OC[C@@H]1CN(c2ccc(Cl)c(Cl)c2)[C@@H](C(F)(F)F)O1. The Hall–Kier alpha value is -0.740. The number of rotatable bonds is 4. The molecule has 1 aromatic rings. The second-order valence-corrected chi connectivity index (χ2v) is 7.35. The van der Waals surface area contributed by atoms with Gasteiger partial charge in [-0.25, -0.2) is 0 Å². The standard InChI is InChI=1S/C12H12Cl2F3NO4S/c1-23(19,20)21-6-8-5-18(11(22-8)12(15,16)17)7-2-3-9(13)10(14)4-7/h2-4,8,11H,5-6H2,1H3/t8-,11+/m0/s1. The number of benzene rings is 1. The molecule has 0 N–H and O–H groups in total. The van der Waals surface area contributed by atoms with E-state index in [1.54, 1.807) is 0 Å². The molecule has 5 nitrogen and oxygen atoms in total. The van der Waals surface area contributed by atoms with Crippen LogP contribution in [0.25, 0.3) is 0 Å². The van der Waals surface area contributed by atoms with Crippen molar-refractivity contribution in [2.45, 2.75) is 18.5 Å². The van der Waals surface area contributed by atoms with Crippen LogP contribution in [0.15, 0.2) is 18.2 Å². The van der Waals surface area contributed by atoms with Gasteiger partial charge in [0.15, 0.2) is 0 Å². The molecule has 1 saturated heterocycles. The zero-order chi connectivity index (χ0) is 17.4. The van der Waals surface area contributed by atoms with Gasteiger partial charge in [-0.2, -0.15) is 21.6 Å². The highest BCUT2D eigenvalue weighted by atomic mass is 35.5. The van der Waals surface area contributed by atoms with Crippen molar-refractivity contribution in [3.05, 3.63) is 28.2 Å². The first-order valence-corrected chi connectivity index (χ1v) is 8.83. The summed E-state index contributed by atoms with van der Waals surface area (Å²) in [5.41, 5.74) is 0.156. The summed E-state index contributed by atoms with van der Waals surface area (Å²) < 4.78 is 70.7. The number of alkyl halides is 3. The average molecular weight is 394 g/mol. The predicted octanol–water partition coefficient (Wildman–Crippen LogP) is 3.06. The molecule has 1 heterocycles. The zero-order valence-corrected chi connectivity index (χ0v) is 14.0. The van der Waals surface area contributed by atoms with Gasteiger partial charge in [0.25, 0.3) is 10.1 Å². The van der Waals surface area contributed by atoms with Crippen molar-refractivity contribution in [3.63, 3.8) is 0 Å². The lowest BCUT2D eigenvalue weighted by Gasteiger charge is -2.26. The summed E-state index contributed by atoms with van der Waals surface area (Å²) in [6.45, 7) is -0.721. The summed E-state index contributed by atoms with van der Waals surface area (Å²) in [4.78, 5) is 0.929. The third-order valence-electron chi connectivity index (χ3n) is 2.99. The molecule has 0 aromatic heterocycles. The number of hydrogen-bond donors (Lipinski definition) is 0. The van der Waals surface area contributed by atoms with E-state index in [4.69, 9.17) is 27.9 Å². The second kappa shape index (κ2) is 6.64. The molecule has 130 valence electrons. The minimum atomic E-state index is -4.67. The second-order valence-electron chi connectivity index (χ2n) is 4.89. The molecule has 1 aromatic carbocycles. The fraction of sp³-hybridized carbons (Fsp3) is 0.500. The topological polar surface area (TPSA) is 55.8 Å². The van der Waals surface area contributed by atoms with Crippen LogP contribution in [0.4, 0.5) is 18.9 Å². The third kappa shape index (κ3) is 4.87. The van der Waals surface area contributed by atoms with Crippen LogP contribution in [0.1, 0.15) is 0 Å². The minimum Gasteiger partial charge on any atom is -0.342 e. The summed E-state index contributed by atoms with van der Waals surface area (Å²) in [7, 11) is -3.78. The highest BCUT2D eigenvalue weighted by molar-refractivity contribution is 7.85. The normalized spacial score (nSPS) is 22.6. The Morgan fingerprint density at radius 2 is 2.00 bits per heavy atom. The van der Waals surface area contributed by atoms with Crippen LogP contribution < -0.4 is 4.90 Å². The number of nitrogens with zero attached hydrogens (tertiary/aromatic N) is 1. The molecule has 1 aliphatic rings. The van der Waals surface area contributed by atoms with E-state index >= 15 is 0 Å². The maximum atomic E-state index is 13.1. The van der Waals surface area contributed by atoms with E-state index in [1.165, 1.54) is 18.2 Å². The van der Waals surface area contributed by atoms with Crippen molar-refractivity contribution < 1.29 is 30.5 Å². The van der Waals surface area contributed by atoms with Crippen LogP contribution in [0.3, 0.4) is 0 Å². The Morgan fingerprint density at radius 3 is 2.52 bits per heavy atom. The van der Waals surface area contributed by atoms with Crippen molar-refractivity contribution >= 4 is 39.0 Å². The quantitative estimate of drug-likeness (QED) is 0.735. The zero-order valence-electron chi connectivity index (χ0n) is 11.7. The molecule has 1 aliphatic heterocycles. The van der Waals surface area contributed by atoms with Crippen LogP contribution in [0.5, 0.6) is 0 Å². The fourth-order valence-corrected chi connectivity index (χ4v) is 2.76. The molecule has 0 aliphatic carbocycles. The minimum absolute atomic E-state index is 0.0981. The smallest absolute Gasteiger partial charge is 0.342 e. The summed E-state index contributed by atoms with van der Waals surface area (Å²) in [5.74, 6) is 0. The fourth-order valence-electron chi connectivity index (χ4n) is 2.06. The lowest BCUT2D eigenvalue weighted by atomic mass is 10.2. The number of ether oxygens (including phenoxy) is 1.